The molecule has 0 amide bonds. The van der Waals surface area contributed by atoms with Crippen LogP contribution >= 0.6 is 12.4 Å². The molecule has 8 heteroatoms. The van der Waals surface area contributed by atoms with Gasteiger partial charge >= 0.3 is 0 Å². The van der Waals surface area contributed by atoms with E-state index in [1.165, 1.54) is 16.8 Å². The number of benzene rings is 1. The maximum Gasteiger partial charge on any atom is 0.151 e. The normalized spacial score (nSPS) is 20.5. The number of hydrogen-bond acceptors (Lipinski definition) is 5. The van der Waals surface area contributed by atoms with Gasteiger partial charge in [-0.1, -0.05) is 6.07 Å². The topological polar surface area (TPSA) is 67.2 Å². The van der Waals surface area contributed by atoms with Crippen molar-refractivity contribution in [3.8, 4) is 11.3 Å². The SMILES string of the molecule is CCN1CCc2cc(-c3cncn3CCNC3CCS(=O)(=O)C3)ccc21.Cl. The Bertz CT molecular complexity index is 897. The van der Waals surface area contributed by atoms with Crippen molar-refractivity contribution >= 4 is 27.9 Å². The largest absolute Gasteiger partial charge is 0.371 e. The summed E-state index contributed by atoms with van der Waals surface area (Å²) in [6.45, 7) is 5.87. The van der Waals surface area contributed by atoms with Crippen LogP contribution in [0.25, 0.3) is 11.3 Å². The Morgan fingerprint density at radius 3 is 2.93 bits per heavy atom. The molecule has 3 heterocycles. The number of hydrogen-bond donors (Lipinski definition) is 1. The number of anilines is 1. The van der Waals surface area contributed by atoms with Gasteiger partial charge in [0, 0.05) is 43.5 Å². The summed E-state index contributed by atoms with van der Waals surface area (Å²) in [5, 5.41) is 3.37. The highest BCUT2D eigenvalue weighted by atomic mass is 35.5. The first-order chi connectivity index (χ1) is 12.6. The number of halogens is 1. The Labute approximate surface area is 167 Å². The lowest BCUT2D eigenvalue weighted by atomic mass is 10.1. The Hall–Kier alpha value is -1.57. The van der Waals surface area contributed by atoms with Crippen LogP contribution in [-0.2, 0) is 22.8 Å². The highest BCUT2D eigenvalue weighted by Gasteiger charge is 2.27. The van der Waals surface area contributed by atoms with E-state index in [-0.39, 0.29) is 24.2 Å². The second kappa shape index (κ2) is 8.20. The molecule has 0 aliphatic carbocycles. The van der Waals surface area contributed by atoms with Crippen molar-refractivity contribution in [2.45, 2.75) is 32.4 Å². The van der Waals surface area contributed by atoms with Gasteiger partial charge in [-0.05, 0) is 37.5 Å². The summed E-state index contributed by atoms with van der Waals surface area (Å²) in [6.07, 6.45) is 5.59. The zero-order valence-electron chi connectivity index (χ0n) is 15.6. The average Bonchev–Trinajstić information content (AvgIpc) is 3.32. The fourth-order valence-corrected chi connectivity index (χ4v) is 5.75. The number of nitrogens with zero attached hydrogens (tertiary/aromatic N) is 3. The lowest BCUT2D eigenvalue weighted by Crippen LogP contribution is -2.32. The van der Waals surface area contributed by atoms with Crippen LogP contribution in [0.4, 0.5) is 5.69 Å². The Morgan fingerprint density at radius 2 is 2.19 bits per heavy atom. The Kier molecular flexibility index (Phi) is 6.13. The third kappa shape index (κ3) is 4.31. The van der Waals surface area contributed by atoms with Crippen molar-refractivity contribution in [3.63, 3.8) is 0 Å². The minimum atomic E-state index is -2.83. The summed E-state index contributed by atoms with van der Waals surface area (Å²) in [5.41, 5.74) is 5.07. The van der Waals surface area contributed by atoms with Gasteiger partial charge in [-0.2, -0.15) is 0 Å². The fourth-order valence-electron chi connectivity index (χ4n) is 4.04. The molecule has 1 aromatic heterocycles. The van der Waals surface area contributed by atoms with E-state index in [1.807, 2.05) is 12.5 Å². The molecule has 0 radical (unpaired) electrons. The third-order valence-electron chi connectivity index (χ3n) is 5.48. The quantitative estimate of drug-likeness (QED) is 0.790. The van der Waals surface area contributed by atoms with Gasteiger partial charge in [-0.15, -0.1) is 12.4 Å². The van der Waals surface area contributed by atoms with Crippen molar-refractivity contribution in [1.29, 1.82) is 0 Å². The highest BCUT2D eigenvalue weighted by molar-refractivity contribution is 7.91. The van der Waals surface area contributed by atoms with E-state index in [1.54, 1.807) is 0 Å². The van der Waals surface area contributed by atoms with Crippen molar-refractivity contribution in [3.05, 3.63) is 36.3 Å². The minimum absolute atomic E-state index is 0. The van der Waals surface area contributed by atoms with Gasteiger partial charge in [-0.25, -0.2) is 13.4 Å². The monoisotopic (exact) mass is 410 g/mol. The summed E-state index contributed by atoms with van der Waals surface area (Å²) in [7, 11) is -2.83. The van der Waals surface area contributed by atoms with Gasteiger partial charge in [0.15, 0.2) is 9.84 Å². The molecule has 1 N–H and O–H groups in total. The molecule has 1 unspecified atom stereocenters. The number of rotatable bonds is 6. The highest BCUT2D eigenvalue weighted by Crippen LogP contribution is 2.32. The predicted octanol–water partition coefficient (Wildman–Crippen LogP) is 2.13. The summed E-state index contributed by atoms with van der Waals surface area (Å²) < 4.78 is 25.2. The van der Waals surface area contributed by atoms with Crippen LogP contribution in [0, 0.1) is 0 Å². The maximum atomic E-state index is 11.6. The van der Waals surface area contributed by atoms with E-state index in [0.717, 1.165) is 44.7 Å². The zero-order chi connectivity index (χ0) is 18.1. The number of likely N-dealkylation sites (N-methyl/N-ethyl adjacent to an activating group) is 1. The van der Waals surface area contributed by atoms with E-state index in [9.17, 15) is 8.42 Å². The number of sulfone groups is 1. The number of fused-ring (bicyclic) bond motifs is 1. The number of nitrogens with one attached hydrogen (secondary N) is 1. The fraction of sp³-hybridized carbons (Fsp3) is 0.526. The Balaban J connectivity index is 0.00000210. The predicted molar refractivity (Wildman–Crippen MR) is 112 cm³/mol. The van der Waals surface area contributed by atoms with Crippen LogP contribution < -0.4 is 10.2 Å². The van der Waals surface area contributed by atoms with Crippen LogP contribution in [-0.4, -0.2) is 55.2 Å². The lowest BCUT2D eigenvalue weighted by molar-refractivity contribution is 0.521. The molecule has 1 aromatic carbocycles. The van der Waals surface area contributed by atoms with Crippen LogP contribution in [0.2, 0.25) is 0 Å². The van der Waals surface area contributed by atoms with Gasteiger partial charge in [0.2, 0.25) is 0 Å². The first-order valence-corrected chi connectivity index (χ1v) is 11.2. The molecular formula is C19H27ClN4O2S. The number of imidazole rings is 1. The van der Waals surface area contributed by atoms with Crippen molar-refractivity contribution in [2.75, 3.05) is 36.0 Å². The molecule has 0 saturated carbocycles. The van der Waals surface area contributed by atoms with E-state index < -0.39 is 9.84 Å². The van der Waals surface area contributed by atoms with Gasteiger partial charge < -0.3 is 14.8 Å². The maximum absolute atomic E-state index is 11.6. The lowest BCUT2D eigenvalue weighted by Gasteiger charge is -2.17. The molecule has 4 rings (SSSR count). The zero-order valence-corrected chi connectivity index (χ0v) is 17.2. The second-order valence-corrected chi connectivity index (χ2v) is 9.43. The summed E-state index contributed by atoms with van der Waals surface area (Å²) in [6, 6.07) is 6.78. The molecule has 6 nitrogen and oxygen atoms in total. The average molecular weight is 411 g/mol. The molecule has 148 valence electrons. The van der Waals surface area contributed by atoms with E-state index in [0.29, 0.717) is 5.75 Å². The summed E-state index contributed by atoms with van der Waals surface area (Å²) in [5.74, 6) is 0.577. The molecule has 27 heavy (non-hydrogen) atoms. The van der Waals surface area contributed by atoms with Gasteiger partial charge in [0.25, 0.3) is 0 Å². The number of aromatic nitrogens is 2. The van der Waals surface area contributed by atoms with Crippen molar-refractivity contribution < 1.29 is 8.42 Å². The summed E-state index contributed by atoms with van der Waals surface area (Å²) >= 11 is 0. The van der Waals surface area contributed by atoms with Gasteiger partial charge in [-0.3, -0.25) is 0 Å². The molecule has 0 bridgehead atoms. The van der Waals surface area contributed by atoms with Crippen LogP contribution in [0.5, 0.6) is 0 Å². The molecule has 2 aliphatic heterocycles. The van der Waals surface area contributed by atoms with E-state index in [4.69, 9.17) is 0 Å². The second-order valence-electron chi connectivity index (χ2n) is 7.20. The van der Waals surface area contributed by atoms with Crippen LogP contribution in [0.15, 0.2) is 30.7 Å². The Morgan fingerprint density at radius 1 is 1.33 bits per heavy atom. The van der Waals surface area contributed by atoms with Crippen LogP contribution in [0.3, 0.4) is 0 Å². The molecule has 1 saturated heterocycles. The summed E-state index contributed by atoms with van der Waals surface area (Å²) in [4.78, 5) is 6.74. The molecule has 0 spiro atoms. The van der Waals surface area contributed by atoms with Crippen LogP contribution in [0.1, 0.15) is 18.9 Å². The molecule has 1 fully saturated rings. The van der Waals surface area contributed by atoms with Crippen molar-refractivity contribution in [1.82, 2.24) is 14.9 Å². The first kappa shape index (κ1) is 20.2. The van der Waals surface area contributed by atoms with Gasteiger partial charge in [0.1, 0.15) is 0 Å². The molecular weight excluding hydrogens is 384 g/mol. The standard InChI is InChI=1S/C19H26N4O2S.ClH/c1-2-22-8-5-16-11-15(3-4-18(16)22)19-12-20-14-23(19)9-7-21-17-6-10-26(24,25)13-17;/h3-4,11-12,14,17,21H,2,5-10,13H2,1H3;1H. The van der Waals surface area contributed by atoms with Gasteiger partial charge in [0.05, 0.1) is 29.7 Å². The van der Waals surface area contributed by atoms with E-state index >= 15 is 0 Å². The van der Waals surface area contributed by atoms with E-state index in [2.05, 4.69) is 44.9 Å². The molecule has 1 atom stereocenters. The minimum Gasteiger partial charge on any atom is -0.371 e. The molecule has 2 aromatic rings. The smallest absolute Gasteiger partial charge is 0.151 e. The van der Waals surface area contributed by atoms with Crippen molar-refractivity contribution in [2.24, 2.45) is 0 Å². The first-order valence-electron chi connectivity index (χ1n) is 9.38. The third-order valence-corrected chi connectivity index (χ3v) is 7.25. The molecule has 2 aliphatic rings.